The first kappa shape index (κ1) is 16.2. The van der Waals surface area contributed by atoms with Crippen molar-refractivity contribution in [1.29, 1.82) is 0 Å². The van der Waals surface area contributed by atoms with E-state index in [4.69, 9.17) is 10.8 Å². The van der Waals surface area contributed by atoms with Crippen molar-refractivity contribution >= 4 is 5.91 Å². The number of nitrogens with two attached hydrogens (primary N) is 1. The molecule has 0 saturated carbocycles. The highest BCUT2D eigenvalue weighted by Crippen LogP contribution is 2.30. The normalized spacial score (nSPS) is 13.5. The Kier molecular flexibility index (Phi) is 7.90. The third kappa shape index (κ3) is 7.98. The maximum atomic E-state index is 12.4. The quantitative estimate of drug-likeness (QED) is 0.562. The molecule has 0 fully saturated rings. The predicted octanol–water partition coefficient (Wildman–Crippen LogP) is 0.792. The molecule has 0 spiro atoms. The van der Waals surface area contributed by atoms with Gasteiger partial charge in [-0.1, -0.05) is 0 Å². The van der Waals surface area contributed by atoms with Crippen LogP contribution in [0, 0.1) is 5.92 Å². The number of carbonyl (C=O) groups excluding carboxylic acids is 1. The minimum absolute atomic E-state index is 0.00815. The van der Waals surface area contributed by atoms with Crippen molar-refractivity contribution in [2.75, 3.05) is 19.7 Å². The summed E-state index contributed by atoms with van der Waals surface area (Å²) in [5.41, 5.74) is 5.08. The maximum absolute atomic E-state index is 12.4. The molecule has 0 bridgehead atoms. The van der Waals surface area contributed by atoms with Crippen molar-refractivity contribution in [3.63, 3.8) is 0 Å². The third-order valence-corrected chi connectivity index (χ3v) is 2.32. The van der Waals surface area contributed by atoms with Gasteiger partial charge in [0.1, 0.15) is 0 Å². The van der Waals surface area contributed by atoms with Crippen LogP contribution in [0.15, 0.2) is 0 Å². The van der Waals surface area contributed by atoms with Crippen molar-refractivity contribution < 1.29 is 23.1 Å². The van der Waals surface area contributed by atoms with Crippen LogP contribution in [0.3, 0.4) is 0 Å². The topological polar surface area (TPSA) is 75.4 Å². The van der Waals surface area contributed by atoms with E-state index in [0.717, 1.165) is 0 Å². The molecule has 0 aliphatic heterocycles. The van der Waals surface area contributed by atoms with Gasteiger partial charge in [-0.15, -0.1) is 0 Å². The number of nitrogens with one attached hydrogen (secondary N) is 1. The number of amides is 1. The van der Waals surface area contributed by atoms with Crippen molar-refractivity contribution in [1.82, 2.24) is 5.32 Å². The summed E-state index contributed by atoms with van der Waals surface area (Å²) in [6, 6.07) is 0. The van der Waals surface area contributed by atoms with Gasteiger partial charge >= 0.3 is 6.18 Å². The average molecular weight is 256 g/mol. The van der Waals surface area contributed by atoms with Gasteiger partial charge in [-0.3, -0.25) is 4.79 Å². The molecule has 1 unspecified atom stereocenters. The number of aliphatic hydroxyl groups excluding tert-OH is 1. The Balaban J connectivity index is 3.96. The smallest absolute Gasteiger partial charge is 0.392 e. The highest BCUT2D eigenvalue weighted by molar-refractivity contribution is 5.76. The lowest BCUT2D eigenvalue weighted by molar-refractivity contribution is -0.180. The fourth-order valence-electron chi connectivity index (χ4n) is 1.34. The fourth-order valence-corrected chi connectivity index (χ4v) is 1.34. The number of halogens is 3. The summed E-state index contributed by atoms with van der Waals surface area (Å²) in [5.74, 6) is -2.30. The molecular weight excluding hydrogens is 237 g/mol. The molecule has 7 heteroatoms. The molecule has 0 aromatic rings. The lowest BCUT2D eigenvalue weighted by Crippen LogP contribution is -2.33. The molecule has 17 heavy (non-hydrogen) atoms. The molecule has 0 aliphatic rings. The van der Waals surface area contributed by atoms with Crippen molar-refractivity contribution in [3.8, 4) is 0 Å². The van der Waals surface area contributed by atoms with Gasteiger partial charge in [0.2, 0.25) is 5.91 Å². The van der Waals surface area contributed by atoms with Crippen molar-refractivity contribution in [2.24, 2.45) is 11.7 Å². The van der Waals surface area contributed by atoms with Crippen molar-refractivity contribution in [2.45, 2.75) is 31.9 Å². The van der Waals surface area contributed by atoms with Crippen LogP contribution in [-0.4, -0.2) is 36.9 Å². The average Bonchev–Trinajstić information content (AvgIpc) is 2.22. The summed E-state index contributed by atoms with van der Waals surface area (Å²) < 4.78 is 37.3. The van der Waals surface area contributed by atoms with Crippen LogP contribution in [0.2, 0.25) is 0 Å². The highest BCUT2D eigenvalue weighted by atomic mass is 19.4. The van der Waals surface area contributed by atoms with Crippen LogP contribution >= 0.6 is 0 Å². The number of rotatable bonds is 8. The molecule has 0 aliphatic carbocycles. The second-order valence-corrected chi connectivity index (χ2v) is 3.80. The molecule has 1 amide bonds. The van der Waals surface area contributed by atoms with E-state index in [0.29, 0.717) is 12.8 Å². The molecule has 0 saturated heterocycles. The summed E-state index contributed by atoms with van der Waals surface area (Å²) in [5, 5.41) is 10.9. The summed E-state index contributed by atoms with van der Waals surface area (Å²) in [6.07, 6.45) is -4.14. The fraction of sp³-hybridized carbons (Fsp3) is 0.900. The first-order valence-corrected chi connectivity index (χ1v) is 5.56. The number of alkyl halides is 3. The summed E-state index contributed by atoms with van der Waals surface area (Å²) >= 11 is 0. The van der Waals surface area contributed by atoms with Gasteiger partial charge in [-0.2, -0.15) is 13.2 Å². The summed E-state index contributed by atoms with van der Waals surface area (Å²) in [4.78, 5) is 11.2. The Bertz CT molecular complexity index is 222. The predicted molar refractivity (Wildman–Crippen MR) is 57.2 cm³/mol. The second kappa shape index (κ2) is 8.30. The second-order valence-electron chi connectivity index (χ2n) is 3.80. The third-order valence-electron chi connectivity index (χ3n) is 2.32. The minimum Gasteiger partial charge on any atom is -0.396 e. The van der Waals surface area contributed by atoms with Gasteiger partial charge in [-0.05, 0) is 25.8 Å². The Morgan fingerprint density at radius 2 is 2.00 bits per heavy atom. The molecule has 0 aromatic carbocycles. The van der Waals surface area contributed by atoms with E-state index in [1.165, 1.54) is 0 Å². The SMILES string of the molecule is NCCC(CC(=O)NCCCCO)C(F)(F)F. The summed E-state index contributed by atoms with van der Waals surface area (Å²) in [7, 11) is 0. The maximum Gasteiger partial charge on any atom is 0.392 e. The zero-order chi connectivity index (χ0) is 13.3. The highest BCUT2D eigenvalue weighted by Gasteiger charge is 2.39. The molecule has 0 aromatic heterocycles. The number of carbonyl (C=O) groups is 1. The van der Waals surface area contributed by atoms with Crippen molar-refractivity contribution in [3.05, 3.63) is 0 Å². The van der Waals surface area contributed by atoms with Gasteiger partial charge in [-0.25, -0.2) is 0 Å². The first-order chi connectivity index (χ1) is 7.91. The lowest BCUT2D eigenvalue weighted by atomic mass is 10.0. The zero-order valence-electron chi connectivity index (χ0n) is 9.59. The molecule has 1 atom stereocenters. The molecule has 0 radical (unpaired) electrons. The number of aliphatic hydroxyl groups is 1. The van der Waals surface area contributed by atoms with E-state index in [2.05, 4.69) is 5.32 Å². The van der Waals surface area contributed by atoms with E-state index in [1.807, 2.05) is 0 Å². The Morgan fingerprint density at radius 3 is 2.47 bits per heavy atom. The lowest BCUT2D eigenvalue weighted by Gasteiger charge is -2.19. The molecule has 4 N–H and O–H groups in total. The van der Waals surface area contributed by atoms with Crippen LogP contribution < -0.4 is 11.1 Å². The Hall–Kier alpha value is -0.820. The number of hydrogen-bond acceptors (Lipinski definition) is 3. The Morgan fingerprint density at radius 1 is 1.35 bits per heavy atom. The molecule has 0 heterocycles. The Labute approximate surface area is 98.4 Å². The van der Waals surface area contributed by atoms with E-state index in [1.54, 1.807) is 0 Å². The van der Waals surface area contributed by atoms with Gasteiger partial charge in [0.15, 0.2) is 0 Å². The van der Waals surface area contributed by atoms with Crippen LogP contribution in [-0.2, 0) is 4.79 Å². The number of unbranched alkanes of at least 4 members (excludes halogenated alkanes) is 1. The van der Waals surface area contributed by atoms with E-state index >= 15 is 0 Å². The number of hydrogen-bond donors (Lipinski definition) is 3. The van der Waals surface area contributed by atoms with Gasteiger partial charge < -0.3 is 16.2 Å². The van der Waals surface area contributed by atoms with Crippen LogP contribution in [0.5, 0.6) is 0 Å². The van der Waals surface area contributed by atoms with Crippen LogP contribution in [0.4, 0.5) is 13.2 Å². The van der Waals surface area contributed by atoms with E-state index in [-0.39, 0.29) is 26.1 Å². The van der Waals surface area contributed by atoms with E-state index in [9.17, 15) is 18.0 Å². The molecular formula is C10H19F3N2O2. The largest absolute Gasteiger partial charge is 0.396 e. The molecule has 102 valence electrons. The van der Waals surface area contributed by atoms with Gasteiger partial charge in [0.05, 0.1) is 5.92 Å². The monoisotopic (exact) mass is 256 g/mol. The standard InChI is InChI=1S/C10H19F3N2O2/c11-10(12,13)8(3-4-14)7-9(17)15-5-1-2-6-16/h8,16H,1-7,14H2,(H,15,17). The van der Waals surface area contributed by atoms with Crippen LogP contribution in [0.25, 0.3) is 0 Å². The minimum atomic E-state index is -4.39. The molecule has 4 nitrogen and oxygen atoms in total. The van der Waals surface area contributed by atoms with Gasteiger partial charge in [0, 0.05) is 19.6 Å². The summed E-state index contributed by atoms with van der Waals surface area (Å²) in [6.45, 7) is 0.197. The molecule has 0 rings (SSSR count). The first-order valence-electron chi connectivity index (χ1n) is 5.56. The van der Waals surface area contributed by atoms with E-state index < -0.39 is 24.4 Å². The van der Waals surface area contributed by atoms with Crippen LogP contribution in [0.1, 0.15) is 25.7 Å². The zero-order valence-corrected chi connectivity index (χ0v) is 9.59. The van der Waals surface area contributed by atoms with Gasteiger partial charge in [0.25, 0.3) is 0 Å².